The first-order valence-electron chi connectivity index (χ1n) is 8.48. The number of alkyl halides is 3. The van der Waals surface area contributed by atoms with Crippen LogP contribution < -0.4 is 14.8 Å². The van der Waals surface area contributed by atoms with E-state index < -0.39 is 24.8 Å². The zero-order valence-electron chi connectivity index (χ0n) is 15.1. The maximum atomic E-state index is 13.2. The standard InChI is InChI=1S/C19H18ClF3N2O3/c1-3-28-16-13(20)8-11(9-15(16)27-2)17-24-14-7-5-4-6-12(14)18(26)25(17)10-19(21,22)23/h4-9,17,24H,3,10H2,1-2H3/t17-/m0/s1. The second-order valence-electron chi connectivity index (χ2n) is 6.11. The number of carbonyl (C=O) groups excluding carboxylic acids is 1. The first kappa shape index (κ1) is 20.1. The van der Waals surface area contributed by atoms with Crippen LogP contribution in [0.25, 0.3) is 0 Å². The summed E-state index contributed by atoms with van der Waals surface area (Å²) in [6.07, 6.45) is -5.65. The largest absolute Gasteiger partial charge is 0.493 e. The molecule has 1 aliphatic rings. The van der Waals surface area contributed by atoms with E-state index in [9.17, 15) is 18.0 Å². The van der Waals surface area contributed by atoms with E-state index in [4.69, 9.17) is 21.1 Å². The third-order valence-electron chi connectivity index (χ3n) is 4.23. The lowest BCUT2D eigenvalue weighted by atomic mass is 10.0. The van der Waals surface area contributed by atoms with Crippen LogP contribution in [-0.4, -0.2) is 37.2 Å². The quantitative estimate of drug-likeness (QED) is 0.758. The number of nitrogens with zero attached hydrogens (tertiary/aromatic N) is 1. The molecule has 3 rings (SSSR count). The van der Waals surface area contributed by atoms with Crippen LogP contribution in [0.15, 0.2) is 36.4 Å². The molecule has 1 atom stereocenters. The Balaban J connectivity index is 2.09. The third-order valence-corrected chi connectivity index (χ3v) is 4.51. The summed E-state index contributed by atoms with van der Waals surface area (Å²) in [5, 5.41) is 3.17. The molecule has 9 heteroatoms. The molecule has 0 unspecified atom stereocenters. The minimum absolute atomic E-state index is 0.173. The SMILES string of the molecule is CCOc1c(Cl)cc([C@H]2Nc3ccccc3C(=O)N2CC(F)(F)F)cc1OC. The van der Waals surface area contributed by atoms with Crippen LogP contribution in [0, 0.1) is 0 Å². The topological polar surface area (TPSA) is 50.8 Å². The first-order valence-corrected chi connectivity index (χ1v) is 8.86. The lowest BCUT2D eigenvalue weighted by Gasteiger charge is -2.38. The molecule has 150 valence electrons. The van der Waals surface area contributed by atoms with E-state index in [0.717, 1.165) is 4.90 Å². The normalized spacial score (nSPS) is 16.4. The van der Waals surface area contributed by atoms with Gasteiger partial charge in [-0.05, 0) is 31.2 Å². The summed E-state index contributed by atoms with van der Waals surface area (Å²) < 4.78 is 50.3. The monoisotopic (exact) mass is 414 g/mol. The molecule has 1 N–H and O–H groups in total. The number of hydrogen-bond donors (Lipinski definition) is 1. The summed E-state index contributed by atoms with van der Waals surface area (Å²) in [5.74, 6) is -0.162. The van der Waals surface area contributed by atoms with Crippen LogP contribution in [0.1, 0.15) is 29.0 Å². The molecule has 0 saturated carbocycles. The van der Waals surface area contributed by atoms with E-state index >= 15 is 0 Å². The number of nitrogens with one attached hydrogen (secondary N) is 1. The number of hydrogen-bond acceptors (Lipinski definition) is 4. The molecule has 5 nitrogen and oxygen atoms in total. The summed E-state index contributed by atoms with van der Waals surface area (Å²) in [6, 6.07) is 9.40. The Labute approximate surface area is 165 Å². The number of fused-ring (bicyclic) bond motifs is 1. The predicted molar refractivity (Wildman–Crippen MR) is 99.1 cm³/mol. The van der Waals surface area contributed by atoms with Crippen molar-refractivity contribution < 1.29 is 27.4 Å². The van der Waals surface area contributed by atoms with Crippen LogP contribution in [0.5, 0.6) is 11.5 Å². The smallest absolute Gasteiger partial charge is 0.406 e. The molecule has 0 aromatic heterocycles. The van der Waals surface area contributed by atoms with Gasteiger partial charge in [-0.2, -0.15) is 13.2 Å². The minimum Gasteiger partial charge on any atom is -0.493 e. The fourth-order valence-electron chi connectivity index (χ4n) is 3.09. The molecular formula is C19H18ClF3N2O3. The molecule has 28 heavy (non-hydrogen) atoms. The zero-order valence-corrected chi connectivity index (χ0v) is 15.9. The number of benzene rings is 2. The van der Waals surface area contributed by atoms with Crippen molar-refractivity contribution in [3.05, 3.63) is 52.5 Å². The number of rotatable bonds is 5. The number of methoxy groups -OCH3 is 1. The second-order valence-corrected chi connectivity index (χ2v) is 6.52. The molecule has 0 saturated heterocycles. The van der Waals surface area contributed by atoms with Crippen molar-refractivity contribution in [2.24, 2.45) is 0 Å². The average molecular weight is 415 g/mol. The van der Waals surface area contributed by atoms with E-state index in [1.165, 1.54) is 25.3 Å². The highest BCUT2D eigenvalue weighted by Crippen LogP contribution is 2.41. The molecule has 2 aromatic carbocycles. The summed E-state index contributed by atoms with van der Waals surface area (Å²) in [6.45, 7) is 0.696. The van der Waals surface area contributed by atoms with Crippen molar-refractivity contribution >= 4 is 23.2 Å². The van der Waals surface area contributed by atoms with Gasteiger partial charge >= 0.3 is 6.18 Å². The summed E-state index contributed by atoms with van der Waals surface area (Å²) in [5.41, 5.74) is 0.962. The van der Waals surface area contributed by atoms with Gasteiger partial charge in [-0.1, -0.05) is 23.7 Å². The van der Waals surface area contributed by atoms with Crippen molar-refractivity contribution in [3.8, 4) is 11.5 Å². The Morgan fingerprint density at radius 1 is 1.25 bits per heavy atom. The predicted octanol–water partition coefficient (Wildman–Crippen LogP) is 4.88. The molecule has 1 aliphatic heterocycles. The number of ether oxygens (including phenoxy) is 2. The Morgan fingerprint density at radius 2 is 1.96 bits per heavy atom. The van der Waals surface area contributed by atoms with E-state index in [2.05, 4.69) is 5.32 Å². The fraction of sp³-hybridized carbons (Fsp3) is 0.316. The van der Waals surface area contributed by atoms with Gasteiger partial charge in [-0.25, -0.2) is 0 Å². The summed E-state index contributed by atoms with van der Waals surface area (Å²) in [7, 11) is 1.40. The minimum atomic E-state index is -4.57. The number of halogens is 4. The van der Waals surface area contributed by atoms with Gasteiger partial charge in [0.15, 0.2) is 11.5 Å². The molecule has 0 radical (unpaired) electrons. The van der Waals surface area contributed by atoms with Crippen molar-refractivity contribution in [1.82, 2.24) is 4.90 Å². The van der Waals surface area contributed by atoms with E-state index in [1.54, 1.807) is 25.1 Å². The second kappa shape index (κ2) is 7.79. The maximum absolute atomic E-state index is 13.2. The maximum Gasteiger partial charge on any atom is 0.406 e. The van der Waals surface area contributed by atoms with Gasteiger partial charge in [0.25, 0.3) is 5.91 Å². The van der Waals surface area contributed by atoms with E-state index in [-0.39, 0.29) is 16.3 Å². The van der Waals surface area contributed by atoms with Crippen molar-refractivity contribution in [2.45, 2.75) is 19.3 Å². The molecule has 0 spiro atoms. The zero-order chi connectivity index (χ0) is 20.5. The molecule has 2 aromatic rings. The highest BCUT2D eigenvalue weighted by Gasteiger charge is 2.41. The molecule has 0 aliphatic carbocycles. The van der Waals surface area contributed by atoms with Gasteiger partial charge in [0.1, 0.15) is 12.7 Å². The fourth-order valence-corrected chi connectivity index (χ4v) is 3.37. The van der Waals surface area contributed by atoms with Crippen LogP contribution in [-0.2, 0) is 0 Å². The number of anilines is 1. The van der Waals surface area contributed by atoms with Crippen LogP contribution in [0.4, 0.5) is 18.9 Å². The Hall–Kier alpha value is -2.61. The molecule has 1 heterocycles. The van der Waals surface area contributed by atoms with Gasteiger partial charge in [0.05, 0.1) is 24.3 Å². The van der Waals surface area contributed by atoms with Crippen LogP contribution >= 0.6 is 11.6 Å². The highest BCUT2D eigenvalue weighted by molar-refractivity contribution is 6.32. The highest BCUT2D eigenvalue weighted by atomic mass is 35.5. The Kier molecular flexibility index (Phi) is 5.60. The average Bonchev–Trinajstić information content (AvgIpc) is 2.64. The number of carbonyl (C=O) groups is 1. The first-order chi connectivity index (χ1) is 13.2. The van der Waals surface area contributed by atoms with Crippen molar-refractivity contribution in [1.29, 1.82) is 0 Å². The van der Waals surface area contributed by atoms with Crippen molar-refractivity contribution in [3.63, 3.8) is 0 Å². The Bertz CT molecular complexity index is 889. The van der Waals surface area contributed by atoms with Crippen molar-refractivity contribution in [2.75, 3.05) is 25.6 Å². The van der Waals surface area contributed by atoms with Gasteiger partial charge in [-0.15, -0.1) is 0 Å². The van der Waals surface area contributed by atoms with Crippen LogP contribution in [0.3, 0.4) is 0 Å². The van der Waals surface area contributed by atoms with Gasteiger partial charge in [0, 0.05) is 11.3 Å². The lowest BCUT2D eigenvalue weighted by molar-refractivity contribution is -0.144. The molecule has 1 amide bonds. The number of amides is 1. The van der Waals surface area contributed by atoms with Gasteiger partial charge in [-0.3, -0.25) is 4.79 Å². The van der Waals surface area contributed by atoms with E-state index in [1.807, 2.05) is 0 Å². The summed E-state index contributed by atoms with van der Waals surface area (Å²) >= 11 is 6.27. The van der Waals surface area contributed by atoms with E-state index in [0.29, 0.717) is 23.6 Å². The molecular weight excluding hydrogens is 397 g/mol. The molecule has 0 bridgehead atoms. The Morgan fingerprint density at radius 3 is 2.61 bits per heavy atom. The molecule has 0 fully saturated rings. The summed E-state index contributed by atoms with van der Waals surface area (Å²) in [4.78, 5) is 13.5. The third kappa shape index (κ3) is 3.96. The van der Waals surface area contributed by atoms with Crippen LogP contribution in [0.2, 0.25) is 5.02 Å². The van der Waals surface area contributed by atoms with Gasteiger partial charge in [0.2, 0.25) is 0 Å². The lowest BCUT2D eigenvalue weighted by Crippen LogP contribution is -2.47. The number of para-hydroxylation sites is 1. The van der Waals surface area contributed by atoms with Gasteiger partial charge < -0.3 is 19.7 Å².